The normalized spacial score (nSPS) is 11.5. The summed E-state index contributed by atoms with van der Waals surface area (Å²) in [6.07, 6.45) is -4.45. The number of H-pyrrole nitrogens is 1. The van der Waals surface area contributed by atoms with Crippen molar-refractivity contribution in [3.05, 3.63) is 50.9 Å². The molecule has 3 N–H and O–H groups in total. The third-order valence-corrected chi connectivity index (χ3v) is 4.06. The maximum atomic E-state index is 12.5. The van der Waals surface area contributed by atoms with Gasteiger partial charge >= 0.3 is 6.18 Å². The standard InChI is InChI=1S/C17H21F3N4O2/c1-4-21-14-7-5-6-12(10(14)2)15(25)22-8-13-11(3)24(23-16(13)26)9-17(18,19)20/h5-7,21H,4,8-9H2,1-3H3,(H,22,25)(H,23,26). The summed E-state index contributed by atoms with van der Waals surface area (Å²) in [7, 11) is 0. The van der Waals surface area contributed by atoms with Crippen LogP contribution >= 0.6 is 0 Å². The maximum Gasteiger partial charge on any atom is 0.407 e. The largest absolute Gasteiger partial charge is 0.407 e. The maximum absolute atomic E-state index is 12.5. The summed E-state index contributed by atoms with van der Waals surface area (Å²) in [5, 5.41) is 7.90. The van der Waals surface area contributed by atoms with Gasteiger partial charge in [-0.3, -0.25) is 19.4 Å². The molecule has 26 heavy (non-hydrogen) atoms. The fourth-order valence-electron chi connectivity index (χ4n) is 2.67. The monoisotopic (exact) mass is 370 g/mol. The van der Waals surface area contributed by atoms with Gasteiger partial charge in [-0.15, -0.1) is 0 Å². The molecule has 0 radical (unpaired) electrons. The number of aromatic amines is 1. The van der Waals surface area contributed by atoms with Crippen LogP contribution in [-0.4, -0.2) is 28.4 Å². The minimum Gasteiger partial charge on any atom is -0.385 e. The number of carbonyl (C=O) groups excluding carboxylic acids is 1. The molecule has 1 heterocycles. The van der Waals surface area contributed by atoms with Crippen LogP contribution in [-0.2, 0) is 13.1 Å². The van der Waals surface area contributed by atoms with E-state index in [0.717, 1.165) is 15.9 Å². The molecular formula is C17H21F3N4O2. The molecule has 0 aliphatic heterocycles. The lowest BCUT2D eigenvalue weighted by atomic mass is 10.1. The minimum atomic E-state index is -4.45. The Balaban J connectivity index is 2.16. The number of alkyl halides is 3. The predicted molar refractivity (Wildman–Crippen MR) is 92.4 cm³/mol. The van der Waals surface area contributed by atoms with E-state index in [2.05, 4.69) is 15.7 Å². The Bertz CT molecular complexity index is 853. The van der Waals surface area contributed by atoms with E-state index in [-0.39, 0.29) is 17.8 Å². The topological polar surface area (TPSA) is 78.9 Å². The van der Waals surface area contributed by atoms with Gasteiger partial charge in [0.05, 0.1) is 12.1 Å². The second kappa shape index (κ2) is 7.67. The molecule has 2 aromatic rings. The Hall–Kier alpha value is -2.71. The highest BCUT2D eigenvalue weighted by Crippen LogP contribution is 2.20. The highest BCUT2D eigenvalue weighted by molar-refractivity contribution is 5.97. The van der Waals surface area contributed by atoms with Gasteiger partial charge in [0.15, 0.2) is 0 Å². The van der Waals surface area contributed by atoms with Crippen molar-refractivity contribution in [3.63, 3.8) is 0 Å². The van der Waals surface area contributed by atoms with Gasteiger partial charge in [-0.05, 0) is 38.5 Å². The molecule has 0 atom stereocenters. The lowest BCUT2D eigenvalue weighted by Gasteiger charge is -2.12. The predicted octanol–water partition coefficient (Wildman–Crippen LogP) is 2.72. The summed E-state index contributed by atoms with van der Waals surface area (Å²) in [6, 6.07) is 5.23. The van der Waals surface area contributed by atoms with E-state index in [1.807, 2.05) is 13.0 Å². The molecule has 0 aliphatic carbocycles. The Kier molecular flexibility index (Phi) is 5.79. The lowest BCUT2D eigenvalue weighted by Crippen LogP contribution is -2.26. The fourth-order valence-corrected chi connectivity index (χ4v) is 2.67. The van der Waals surface area contributed by atoms with Crippen molar-refractivity contribution in [2.24, 2.45) is 0 Å². The zero-order valence-corrected chi connectivity index (χ0v) is 14.8. The molecule has 1 amide bonds. The molecule has 0 bridgehead atoms. The first-order chi connectivity index (χ1) is 12.1. The summed E-state index contributed by atoms with van der Waals surface area (Å²) in [4.78, 5) is 24.3. The first kappa shape index (κ1) is 19.6. The Morgan fingerprint density at radius 3 is 2.58 bits per heavy atom. The van der Waals surface area contributed by atoms with Crippen molar-refractivity contribution in [1.29, 1.82) is 0 Å². The second-order valence-electron chi connectivity index (χ2n) is 5.90. The number of nitrogens with one attached hydrogen (secondary N) is 3. The number of amides is 1. The zero-order chi connectivity index (χ0) is 19.5. The van der Waals surface area contributed by atoms with Crippen LogP contribution in [0.5, 0.6) is 0 Å². The van der Waals surface area contributed by atoms with Crippen molar-refractivity contribution < 1.29 is 18.0 Å². The van der Waals surface area contributed by atoms with Crippen molar-refractivity contribution in [3.8, 4) is 0 Å². The molecule has 142 valence electrons. The SMILES string of the molecule is CCNc1cccc(C(=O)NCc2c(C)n(CC(F)(F)F)[nH]c2=O)c1C. The molecule has 0 saturated heterocycles. The summed E-state index contributed by atoms with van der Waals surface area (Å²) >= 11 is 0. The van der Waals surface area contributed by atoms with E-state index in [1.165, 1.54) is 6.92 Å². The summed E-state index contributed by atoms with van der Waals surface area (Å²) in [5.41, 5.74) is 1.61. The minimum absolute atomic E-state index is 0.100. The van der Waals surface area contributed by atoms with Gasteiger partial charge in [0.1, 0.15) is 6.54 Å². The Morgan fingerprint density at radius 1 is 1.27 bits per heavy atom. The lowest BCUT2D eigenvalue weighted by molar-refractivity contribution is -0.143. The van der Waals surface area contributed by atoms with Crippen LogP contribution in [0.4, 0.5) is 18.9 Å². The third kappa shape index (κ3) is 4.47. The van der Waals surface area contributed by atoms with Gasteiger partial charge in [-0.2, -0.15) is 13.2 Å². The molecule has 9 heteroatoms. The van der Waals surface area contributed by atoms with Gasteiger partial charge in [-0.1, -0.05) is 6.07 Å². The average molecular weight is 370 g/mol. The van der Waals surface area contributed by atoms with E-state index in [9.17, 15) is 22.8 Å². The van der Waals surface area contributed by atoms with E-state index in [1.54, 1.807) is 19.1 Å². The Morgan fingerprint density at radius 2 is 1.96 bits per heavy atom. The number of hydrogen-bond acceptors (Lipinski definition) is 3. The molecule has 2 rings (SSSR count). The van der Waals surface area contributed by atoms with Crippen LogP contribution in [0.25, 0.3) is 0 Å². The fraction of sp³-hybridized carbons (Fsp3) is 0.412. The summed E-state index contributed by atoms with van der Waals surface area (Å²) in [6.45, 7) is 4.40. The molecule has 1 aromatic heterocycles. The van der Waals surface area contributed by atoms with E-state index >= 15 is 0 Å². The molecule has 0 aliphatic rings. The highest BCUT2D eigenvalue weighted by atomic mass is 19.4. The van der Waals surface area contributed by atoms with Crippen molar-refractivity contribution in [2.75, 3.05) is 11.9 Å². The van der Waals surface area contributed by atoms with Gasteiger partial charge < -0.3 is 10.6 Å². The summed E-state index contributed by atoms with van der Waals surface area (Å²) in [5.74, 6) is -0.398. The number of benzene rings is 1. The van der Waals surface area contributed by atoms with Crippen LogP contribution in [0, 0.1) is 13.8 Å². The number of carbonyl (C=O) groups is 1. The van der Waals surface area contributed by atoms with Crippen LogP contribution in [0.2, 0.25) is 0 Å². The number of rotatable bonds is 6. The number of aromatic nitrogens is 2. The molecular weight excluding hydrogens is 349 g/mol. The number of halogens is 3. The third-order valence-electron chi connectivity index (χ3n) is 4.06. The first-order valence-corrected chi connectivity index (χ1v) is 8.10. The second-order valence-corrected chi connectivity index (χ2v) is 5.90. The molecule has 1 aromatic carbocycles. The van der Waals surface area contributed by atoms with Crippen molar-refractivity contribution in [2.45, 2.75) is 40.0 Å². The van der Waals surface area contributed by atoms with Crippen LogP contribution in [0.1, 0.15) is 34.1 Å². The van der Waals surface area contributed by atoms with E-state index in [0.29, 0.717) is 12.1 Å². The molecule has 6 nitrogen and oxygen atoms in total. The average Bonchev–Trinajstić information content (AvgIpc) is 2.79. The quantitative estimate of drug-likeness (QED) is 0.732. The van der Waals surface area contributed by atoms with Crippen molar-refractivity contribution >= 4 is 11.6 Å². The molecule has 0 fully saturated rings. The Labute approximate surface area is 148 Å². The van der Waals surface area contributed by atoms with E-state index < -0.39 is 24.2 Å². The highest BCUT2D eigenvalue weighted by Gasteiger charge is 2.29. The van der Waals surface area contributed by atoms with Gasteiger partial charge in [-0.25, -0.2) is 0 Å². The molecule has 0 saturated carbocycles. The van der Waals surface area contributed by atoms with Gasteiger partial charge in [0.25, 0.3) is 11.5 Å². The van der Waals surface area contributed by atoms with E-state index in [4.69, 9.17) is 0 Å². The van der Waals surface area contributed by atoms with Gasteiger partial charge in [0, 0.05) is 23.5 Å². The summed E-state index contributed by atoms with van der Waals surface area (Å²) < 4.78 is 38.3. The number of anilines is 1. The van der Waals surface area contributed by atoms with Crippen molar-refractivity contribution in [1.82, 2.24) is 15.1 Å². The molecule has 0 spiro atoms. The van der Waals surface area contributed by atoms with Crippen LogP contribution in [0.3, 0.4) is 0 Å². The number of hydrogen-bond donors (Lipinski definition) is 3. The van der Waals surface area contributed by atoms with Crippen LogP contribution < -0.4 is 16.2 Å². The van der Waals surface area contributed by atoms with Crippen LogP contribution in [0.15, 0.2) is 23.0 Å². The zero-order valence-electron chi connectivity index (χ0n) is 14.8. The van der Waals surface area contributed by atoms with Gasteiger partial charge in [0.2, 0.25) is 0 Å². The number of nitrogens with zero attached hydrogens (tertiary/aromatic N) is 1. The molecule has 0 unspecified atom stereocenters. The first-order valence-electron chi connectivity index (χ1n) is 8.10. The smallest absolute Gasteiger partial charge is 0.385 e.